The first-order valence-corrected chi connectivity index (χ1v) is 5.75. The van der Waals surface area contributed by atoms with Gasteiger partial charge < -0.3 is 5.32 Å². The first-order valence-electron chi connectivity index (χ1n) is 4.94. The number of nitrogens with one attached hydrogen (secondary N) is 1. The summed E-state index contributed by atoms with van der Waals surface area (Å²) in [6, 6.07) is 8.13. The Kier molecular flexibility index (Phi) is 2.97. The van der Waals surface area contributed by atoms with Gasteiger partial charge in [0.1, 0.15) is 11.5 Å². The predicted molar refractivity (Wildman–Crippen MR) is 64.2 cm³/mol. The molecule has 0 aromatic carbocycles. The van der Waals surface area contributed by atoms with Crippen molar-refractivity contribution < 1.29 is 0 Å². The summed E-state index contributed by atoms with van der Waals surface area (Å²) in [4.78, 5) is 2.46. The lowest BCUT2D eigenvalue weighted by molar-refractivity contribution is 1.02. The monoisotopic (exact) mass is 219 g/mol. The number of nitrogens with zero attached hydrogens (tertiary/aromatic N) is 2. The summed E-state index contributed by atoms with van der Waals surface area (Å²) >= 11 is 1.74. The molecule has 4 heteroatoms. The minimum Gasteiger partial charge on any atom is -0.369 e. The van der Waals surface area contributed by atoms with Crippen LogP contribution >= 0.6 is 11.3 Å². The summed E-state index contributed by atoms with van der Waals surface area (Å²) in [5.41, 5.74) is 0.940. The summed E-state index contributed by atoms with van der Waals surface area (Å²) in [6.07, 6.45) is 0. The van der Waals surface area contributed by atoms with E-state index in [9.17, 15) is 0 Å². The van der Waals surface area contributed by atoms with Crippen molar-refractivity contribution in [1.82, 2.24) is 10.2 Å². The topological polar surface area (TPSA) is 37.8 Å². The van der Waals surface area contributed by atoms with Crippen molar-refractivity contribution in [2.75, 3.05) is 11.9 Å². The van der Waals surface area contributed by atoms with Crippen LogP contribution in [0.1, 0.15) is 11.8 Å². The number of anilines is 1. The van der Waals surface area contributed by atoms with Crippen molar-refractivity contribution in [3.63, 3.8) is 0 Å². The van der Waals surface area contributed by atoms with Gasteiger partial charge in [0.2, 0.25) is 0 Å². The average molecular weight is 219 g/mol. The lowest BCUT2D eigenvalue weighted by atomic mass is 10.3. The molecule has 0 radical (unpaired) electrons. The van der Waals surface area contributed by atoms with Gasteiger partial charge in [-0.25, -0.2) is 0 Å². The van der Waals surface area contributed by atoms with Crippen LogP contribution in [0.5, 0.6) is 0 Å². The Morgan fingerprint density at radius 2 is 2.07 bits per heavy atom. The minimum atomic E-state index is 0.828. The van der Waals surface area contributed by atoms with Crippen LogP contribution in [-0.2, 0) is 0 Å². The third-order valence-electron chi connectivity index (χ3n) is 2.02. The van der Waals surface area contributed by atoms with Crippen molar-refractivity contribution in [3.05, 3.63) is 29.1 Å². The Labute approximate surface area is 93.2 Å². The molecule has 0 spiro atoms. The van der Waals surface area contributed by atoms with E-state index in [4.69, 9.17) is 0 Å². The first-order chi connectivity index (χ1) is 7.29. The van der Waals surface area contributed by atoms with Crippen LogP contribution in [0.4, 0.5) is 5.82 Å². The van der Waals surface area contributed by atoms with E-state index in [-0.39, 0.29) is 0 Å². The van der Waals surface area contributed by atoms with Crippen molar-refractivity contribution in [2.45, 2.75) is 13.8 Å². The summed E-state index contributed by atoms with van der Waals surface area (Å²) in [6.45, 7) is 5.00. The zero-order valence-electron chi connectivity index (χ0n) is 8.82. The highest BCUT2D eigenvalue weighted by Gasteiger charge is 2.02. The molecule has 1 N–H and O–H groups in total. The van der Waals surface area contributed by atoms with Crippen LogP contribution in [0.15, 0.2) is 24.3 Å². The van der Waals surface area contributed by atoms with Gasteiger partial charge in [-0.15, -0.1) is 21.5 Å². The van der Waals surface area contributed by atoms with Gasteiger partial charge in [-0.2, -0.15) is 0 Å². The molecule has 0 saturated heterocycles. The van der Waals surface area contributed by atoms with Crippen molar-refractivity contribution in [2.24, 2.45) is 0 Å². The SMILES string of the molecule is CCNc1ccc(-c2ccc(C)s2)nn1. The third-order valence-corrected chi connectivity index (χ3v) is 3.04. The molecule has 3 nitrogen and oxygen atoms in total. The van der Waals surface area contributed by atoms with Gasteiger partial charge in [0.05, 0.1) is 4.88 Å². The standard InChI is InChI=1S/C11H13N3S/c1-3-12-11-7-5-9(13-14-11)10-6-4-8(2)15-10/h4-7H,3H2,1-2H3,(H,12,14). The van der Waals surface area contributed by atoms with Gasteiger partial charge >= 0.3 is 0 Å². The molecule has 0 saturated carbocycles. The molecule has 0 bridgehead atoms. The molecule has 2 heterocycles. The molecule has 0 atom stereocenters. The van der Waals surface area contributed by atoms with Crippen LogP contribution in [0, 0.1) is 6.92 Å². The number of rotatable bonds is 3. The summed E-state index contributed by atoms with van der Waals surface area (Å²) in [5.74, 6) is 0.828. The third kappa shape index (κ3) is 2.33. The Bertz CT molecular complexity index is 433. The lowest BCUT2D eigenvalue weighted by Crippen LogP contribution is -2.00. The van der Waals surface area contributed by atoms with Gasteiger partial charge in [0, 0.05) is 11.4 Å². The predicted octanol–water partition coefficient (Wildman–Crippen LogP) is 2.95. The molecule has 0 aliphatic rings. The van der Waals surface area contributed by atoms with Crippen molar-refractivity contribution in [1.29, 1.82) is 0 Å². The molecular weight excluding hydrogens is 206 g/mol. The Morgan fingerprint density at radius 1 is 1.20 bits per heavy atom. The van der Waals surface area contributed by atoms with Gasteiger partial charge in [-0.1, -0.05) is 0 Å². The van der Waals surface area contributed by atoms with E-state index in [0.717, 1.165) is 18.1 Å². The first kappa shape index (κ1) is 10.1. The minimum absolute atomic E-state index is 0.828. The van der Waals surface area contributed by atoms with E-state index in [0.29, 0.717) is 0 Å². The molecule has 2 aromatic heterocycles. The largest absolute Gasteiger partial charge is 0.369 e. The molecule has 2 rings (SSSR count). The fourth-order valence-corrected chi connectivity index (χ4v) is 2.14. The van der Waals surface area contributed by atoms with Gasteiger partial charge in [-0.05, 0) is 38.1 Å². The highest BCUT2D eigenvalue weighted by molar-refractivity contribution is 7.15. The molecule has 2 aromatic rings. The average Bonchev–Trinajstić information content (AvgIpc) is 2.67. The number of aromatic nitrogens is 2. The van der Waals surface area contributed by atoms with Crippen LogP contribution in [0.3, 0.4) is 0 Å². The molecule has 0 unspecified atom stereocenters. The number of aryl methyl sites for hydroxylation is 1. The second-order valence-electron chi connectivity index (χ2n) is 3.24. The van der Waals surface area contributed by atoms with Crippen LogP contribution in [0.2, 0.25) is 0 Å². The van der Waals surface area contributed by atoms with E-state index in [2.05, 4.69) is 34.6 Å². The summed E-state index contributed by atoms with van der Waals surface area (Å²) < 4.78 is 0. The van der Waals surface area contributed by atoms with Gasteiger partial charge in [0.25, 0.3) is 0 Å². The maximum absolute atomic E-state index is 4.18. The van der Waals surface area contributed by atoms with E-state index >= 15 is 0 Å². The number of hydrogen-bond acceptors (Lipinski definition) is 4. The van der Waals surface area contributed by atoms with E-state index in [1.165, 1.54) is 9.75 Å². The molecular formula is C11H13N3S. The molecule has 15 heavy (non-hydrogen) atoms. The van der Waals surface area contributed by atoms with Crippen molar-refractivity contribution in [3.8, 4) is 10.6 Å². The molecule has 0 aliphatic heterocycles. The molecule has 0 aliphatic carbocycles. The Balaban J connectivity index is 2.23. The quantitative estimate of drug-likeness (QED) is 0.862. The van der Waals surface area contributed by atoms with Crippen LogP contribution in [0.25, 0.3) is 10.6 Å². The van der Waals surface area contributed by atoms with Crippen molar-refractivity contribution >= 4 is 17.2 Å². The normalized spacial score (nSPS) is 10.3. The van der Waals surface area contributed by atoms with Crippen LogP contribution < -0.4 is 5.32 Å². The number of thiophene rings is 1. The summed E-state index contributed by atoms with van der Waals surface area (Å²) in [7, 11) is 0. The Hall–Kier alpha value is -1.42. The lowest BCUT2D eigenvalue weighted by Gasteiger charge is -2.00. The highest BCUT2D eigenvalue weighted by Crippen LogP contribution is 2.25. The van der Waals surface area contributed by atoms with E-state index in [1.807, 2.05) is 19.1 Å². The van der Waals surface area contributed by atoms with E-state index < -0.39 is 0 Å². The fourth-order valence-electron chi connectivity index (χ4n) is 1.31. The molecule has 0 amide bonds. The smallest absolute Gasteiger partial charge is 0.148 e. The second-order valence-corrected chi connectivity index (χ2v) is 4.53. The molecule has 0 fully saturated rings. The Morgan fingerprint density at radius 3 is 2.60 bits per heavy atom. The molecule has 78 valence electrons. The summed E-state index contributed by atoms with van der Waals surface area (Å²) in [5, 5.41) is 11.4. The van der Waals surface area contributed by atoms with Crippen LogP contribution in [-0.4, -0.2) is 16.7 Å². The zero-order valence-corrected chi connectivity index (χ0v) is 9.64. The van der Waals surface area contributed by atoms with Gasteiger partial charge in [-0.3, -0.25) is 0 Å². The number of hydrogen-bond donors (Lipinski definition) is 1. The maximum atomic E-state index is 4.18. The highest BCUT2D eigenvalue weighted by atomic mass is 32.1. The second kappa shape index (κ2) is 4.40. The van der Waals surface area contributed by atoms with E-state index in [1.54, 1.807) is 11.3 Å². The maximum Gasteiger partial charge on any atom is 0.148 e. The fraction of sp³-hybridized carbons (Fsp3) is 0.273. The zero-order chi connectivity index (χ0) is 10.7. The van der Waals surface area contributed by atoms with Gasteiger partial charge in [0.15, 0.2) is 0 Å².